The summed E-state index contributed by atoms with van der Waals surface area (Å²) >= 11 is 0. The van der Waals surface area contributed by atoms with Crippen LogP contribution in [0.15, 0.2) is 4.52 Å². The number of hydrogen-bond donors (Lipinski definition) is 0. The third kappa shape index (κ3) is 1.80. The highest BCUT2D eigenvalue weighted by Crippen LogP contribution is 2.29. The van der Waals surface area contributed by atoms with Gasteiger partial charge in [-0.2, -0.15) is 0 Å². The Kier molecular flexibility index (Phi) is 3.25. The third-order valence-corrected chi connectivity index (χ3v) is 1.75. The fourth-order valence-corrected chi connectivity index (χ4v) is 1.24. The van der Waals surface area contributed by atoms with E-state index in [9.17, 15) is 4.53 Å². The Hall–Kier alpha value is -1.10. The molecule has 74 valence electrons. The number of hydrogen-bond acceptors (Lipinski definition) is 4. The van der Waals surface area contributed by atoms with Crippen molar-refractivity contribution in [2.45, 2.75) is 26.9 Å². The molecule has 0 saturated heterocycles. The fourth-order valence-electron chi connectivity index (χ4n) is 1.24. The molecule has 5 heteroatoms. The van der Waals surface area contributed by atoms with Gasteiger partial charge in [0.15, 0.2) is 5.76 Å². The Bertz CT molecular complexity index is 275. The smallest absolute Gasteiger partial charge is 0.306 e. The molecule has 0 bridgehead atoms. The highest BCUT2D eigenvalue weighted by molar-refractivity contribution is 5.30. The highest BCUT2D eigenvalue weighted by atomic mass is 19.3. The molecule has 0 N–H and O–H groups in total. The third-order valence-electron chi connectivity index (χ3n) is 1.75. The first-order chi connectivity index (χ1) is 6.31. The molecule has 0 saturated carbocycles. The minimum atomic E-state index is -0.0376. The standard InChI is InChI=1S/C6H7FN2O2.C2H6/c1-9-2-4-5(3-9)11-8-6(4)10-7;1-2/h2-3H2,1H3;1-2H3. The van der Waals surface area contributed by atoms with E-state index in [0.29, 0.717) is 18.8 Å². The van der Waals surface area contributed by atoms with Crippen molar-refractivity contribution in [3.63, 3.8) is 0 Å². The Morgan fingerprint density at radius 3 is 2.77 bits per heavy atom. The first-order valence-corrected chi connectivity index (χ1v) is 4.26. The lowest BCUT2D eigenvalue weighted by atomic mass is 10.3. The first-order valence-electron chi connectivity index (χ1n) is 4.26. The van der Waals surface area contributed by atoms with Gasteiger partial charge in [-0.3, -0.25) is 9.84 Å². The lowest BCUT2D eigenvalue weighted by molar-refractivity contribution is -0.0171. The van der Waals surface area contributed by atoms with Crippen LogP contribution in [0.1, 0.15) is 25.2 Å². The molecule has 1 aromatic rings. The van der Waals surface area contributed by atoms with Gasteiger partial charge in [0.25, 0.3) is 0 Å². The highest BCUT2D eigenvalue weighted by Gasteiger charge is 2.26. The summed E-state index contributed by atoms with van der Waals surface area (Å²) in [7, 11) is 1.91. The second-order valence-electron chi connectivity index (χ2n) is 2.64. The summed E-state index contributed by atoms with van der Waals surface area (Å²) in [5.41, 5.74) is 0.718. The maximum atomic E-state index is 11.7. The molecule has 2 rings (SSSR count). The second-order valence-corrected chi connectivity index (χ2v) is 2.64. The molecule has 2 heterocycles. The summed E-state index contributed by atoms with van der Waals surface area (Å²) in [6, 6.07) is 0. The SMILES string of the molecule is CC.CN1Cc2onc(OF)c2C1. The number of fused-ring (bicyclic) bond motifs is 1. The van der Waals surface area contributed by atoms with E-state index in [1.165, 1.54) is 0 Å². The van der Waals surface area contributed by atoms with E-state index in [1.54, 1.807) is 0 Å². The largest absolute Gasteiger partial charge is 0.356 e. The average molecular weight is 188 g/mol. The molecule has 4 nitrogen and oxygen atoms in total. The van der Waals surface area contributed by atoms with Crippen molar-refractivity contribution in [1.82, 2.24) is 10.1 Å². The summed E-state index contributed by atoms with van der Waals surface area (Å²) in [6.45, 7) is 5.31. The summed E-state index contributed by atoms with van der Waals surface area (Å²) < 4.78 is 16.5. The van der Waals surface area contributed by atoms with Gasteiger partial charge in [0, 0.05) is 11.1 Å². The van der Waals surface area contributed by atoms with Crippen molar-refractivity contribution < 1.29 is 14.0 Å². The van der Waals surface area contributed by atoms with Crippen LogP contribution in [0.3, 0.4) is 0 Å². The molecule has 0 amide bonds. The summed E-state index contributed by atoms with van der Waals surface area (Å²) in [5.74, 6) is 0.657. The molecular weight excluding hydrogens is 175 g/mol. The quantitative estimate of drug-likeness (QED) is 0.674. The van der Waals surface area contributed by atoms with Gasteiger partial charge in [-0.25, -0.2) is 0 Å². The van der Waals surface area contributed by atoms with Crippen LogP contribution in [0, 0.1) is 0 Å². The fraction of sp³-hybridized carbons (Fsp3) is 0.625. The molecule has 13 heavy (non-hydrogen) atoms. The van der Waals surface area contributed by atoms with E-state index in [-0.39, 0.29) is 5.88 Å². The molecule has 0 aliphatic carbocycles. The van der Waals surface area contributed by atoms with Gasteiger partial charge in [-0.05, 0) is 12.2 Å². The number of rotatable bonds is 1. The predicted octanol–water partition coefficient (Wildman–Crippen LogP) is 1.91. The topological polar surface area (TPSA) is 38.5 Å². The lowest BCUT2D eigenvalue weighted by Gasteiger charge is -2.02. The van der Waals surface area contributed by atoms with Gasteiger partial charge in [-0.15, -0.1) is 0 Å². The number of halogens is 1. The minimum absolute atomic E-state index is 0.0376. The molecule has 1 aliphatic rings. The van der Waals surface area contributed by atoms with E-state index in [4.69, 9.17) is 4.52 Å². The number of nitrogens with zero attached hydrogens (tertiary/aromatic N) is 2. The Morgan fingerprint density at radius 1 is 1.46 bits per heavy atom. The Labute approximate surface area is 76.2 Å². The first kappa shape index (κ1) is 9.98. The van der Waals surface area contributed by atoms with Crippen LogP contribution < -0.4 is 4.94 Å². The van der Waals surface area contributed by atoms with Gasteiger partial charge >= 0.3 is 5.88 Å². The molecule has 0 unspecified atom stereocenters. The average Bonchev–Trinajstić information content (AvgIpc) is 2.66. The van der Waals surface area contributed by atoms with E-state index >= 15 is 0 Å². The normalized spacial score (nSPS) is 14.8. The van der Waals surface area contributed by atoms with Crippen LogP contribution in [-0.2, 0) is 13.1 Å². The van der Waals surface area contributed by atoms with E-state index in [2.05, 4.69) is 10.1 Å². The van der Waals surface area contributed by atoms with Crippen LogP contribution in [0.5, 0.6) is 5.88 Å². The zero-order chi connectivity index (χ0) is 9.84. The van der Waals surface area contributed by atoms with E-state index in [1.807, 2.05) is 25.8 Å². The van der Waals surface area contributed by atoms with Gasteiger partial charge in [0.2, 0.25) is 0 Å². The summed E-state index contributed by atoms with van der Waals surface area (Å²) in [4.78, 5) is 5.50. The maximum Gasteiger partial charge on any atom is 0.306 e. The zero-order valence-corrected chi connectivity index (χ0v) is 8.00. The van der Waals surface area contributed by atoms with Crippen LogP contribution in [0.2, 0.25) is 0 Å². The van der Waals surface area contributed by atoms with Crippen molar-refractivity contribution in [3.05, 3.63) is 11.3 Å². The van der Waals surface area contributed by atoms with Crippen molar-refractivity contribution >= 4 is 0 Å². The second kappa shape index (κ2) is 4.23. The monoisotopic (exact) mass is 188 g/mol. The maximum absolute atomic E-state index is 11.7. The van der Waals surface area contributed by atoms with Gasteiger partial charge in [0.1, 0.15) is 0 Å². The number of aromatic nitrogens is 1. The molecule has 1 aliphatic heterocycles. The molecule has 0 spiro atoms. The Morgan fingerprint density at radius 2 is 2.15 bits per heavy atom. The zero-order valence-electron chi connectivity index (χ0n) is 8.00. The lowest BCUT2D eigenvalue weighted by Crippen LogP contribution is -2.08. The van der Waals surface area contributed by atoms with E-state index in [0.717, 1.165) is 5.56 Å². The molecule has 0 aromatic carbocycles. The van der Waals surface area contributed by atoms with Crippen LogP contribution in [-0.4, -0.2) is 17.1 Å². The van der Waals surface area contributed by atoms with Crippen molar-refractivity contribution in [2.24, 2.45) is 0 Å². The van der Waals surface area contributed by atoms with Crippen molar-refractivity contribution in [3.8, 4) is 5.88 Å². The van der Waals surface area contributed by atoms with Crippen molar-refractivity contribution in [2.75, 3.05) is 7.05 Å². The Balaban J connectivity index is 0.000000396. The molecule has 0 atom stereocenters. The molecular formula is C8H13FN2O2. The van der Waals surface area contributed by atoms with Gasteiger partial charge < -0.3 is 4.52 Å². The van der Waals surface area contributed by atoms with Gasteiger partial charge in [-0.1, -0.05) is 13.8 Å². The van der Waals surface area contributed by atoms with Crippen LogP contribution in [0.4, 0.5) is 4.53 Å². The molecule has 0 fully saturated rings. The predicted molar refractivity (Wildman–Crippen MR) is 44.8 cm³/mol. The van der Waals surface area contributed by atoms with E-state index < -0.39 is 0 Å². The summed E-state index contributed by atoms with van der Waals surface area (Å²) in [5, 5.41) is 3.39. The van der Waals surface area contributed by atoms with Crippen LogP contribution >= 0.6 is 0 Å². The summed E-state index contributed by atoms with van der Waals surface area (Å²) in [6.07, 6.45) is 0. The van der Waals surface area contributed by atoms with Crippen LogP contribution in [0.25, 0.3) is 0 Å². The molecule has 1 aromatic heterocycles. The van der Waals surface area contributed by atoms with Gasteiger partial charge in [0.05, 0.1) is 12.1 Å². The minimum Gasteiger partial charge on any atom is -0.356 e. The van der Waals surface area contributed by atoms with Crippen molar-refractivity contribution in [1.29, 1.82) is 0 Å². The molecule has 0 radical (unpaired) electrons.